The Hall–Kier alpha value is -3.94. The first kappa shape index (κ1) is 20.3. The summed E-state index contributed by atoms with van der Waals surface area (Å²) in [5.41, 5.74) is 1.53. The molecule has 1 N–H and O–H groups in total. The number of nitrogens with one attached hydrogen (secondary N) is 1. The number of para-hydroxylation sites is 1. The highest BCUT2D eigenvalue weighted by molar-refractivity contribution is 5.80. The van der Waals surface area contributed by atoms with Crippen molar-refractivity contribution in [2.24, 2.45) is 5.92 Å². The van der Waals surface area contributed by atoms with Gasteiger partial charge >= 0.3 is 11.1 Å². The highest BCUT2D eigenvalue weighted by Crippen LogP contribution is 2.23. The Balaban J connectivity index is 1.68. The van der Waals surface area contributed by atoms with Gasteiger partial charge < -0.3 is 18.8 Å². The van der Waals surface area contributed by atoms with Crippen LogP contribution >= 0.6 is 0 Å². The average molecular weight is 418 g/mol. The molecular weight excluding hydrogens is 396 g/mol. The number of nitrogens with zero attached hydrogens (tertiary/aromatic N) is 3. The molecule has 0 aliphatic rings. The standard InChI is InChI=1S/C23H22N4O4/c1-14(2)13-27-18-10-8-16(12-17(18)24-22(28)23(27)29)21-25-20(31-26-21)11-9-15-6-4-5-7-19(15)30-3/h4-12,14H,13H2,1-3H3,(H,24,28). The molecule has 0 aliphatic carbocycles. The van der Waals surface area contributed by atoms with E-state index in [1.807, 2.05) is 44.2 Å². The number of benzene rings is 2. The lowest BCUT2D eigenvalue weighted by Crippen LogP contribution is -2.37. The summed E-state index contributed by atoms with van der Waals surface area (Å²) in [6.45, 7) is 4.44. The third-order valence-corrected chi connectivity index (χ3v) is 4.77. The van der Waals surface area contributed by atoms with Gasteiger partial charge in [-0.3, -0.25) is 9.59 Å². The molecule has 0 saturated heterocycles. The van der Waals surface area contributed by atoms with E-state index in [9.17, 15) is 9.59 Å². The molecule has 2 aromatic heterocycles. The van der Waals surface area contributed by atoms with Gasteiger partial charge in [0.05, 0.1) is 18.1 Å². The van der Waals surface area contributed by atoms with E-state index in [2.05, 4.69) is 15.1 Å². The van der Waals surface area contributed by atoms with Gasteiger partial charge in [-0.15, -0.1) is 0 Å². The fourth-order valence-corrected chi connectivity index (χ4v) is 3.35. The Kier molecular flexibility index (Phi) is 5.53. The lowest BCUT2D eigenvalue weighted by molar-refractivity contribution is 0.411. The minimum atomic E-state index is -0.654. The van der Waals surface area contributed by atoms with Crippen LogP contribution in [0.15, 0.2) is 56.6 Å². The van der Waals surface area contributed by atoms with Crippen molar-refractivity contribution < 1.29 is 9.26 Å². The van der Waals surface area contributed by atoms with E-state index < -0.39 is 11.1 Å². The minimum Gasteiger partial charge on any atom is -0.496 e. The van der Waals surface area contributed by atoms with Gasteiger partial charge in [-0.2, -0.15) is 4.98 Å². The SMILES string of the molecule is COc1ccccc1C=Cc1nc(-c2ccc3c(c2)[nH]c(=O)c(=O)n3CC(C)C)no1. The Labute approximate surface area is 177 Å². The number of ether oxygens (including phenoxy) is 1. The van der Waals surface area contributed by atoms with Gasteiger partial charge in [0.1, 0.15) is 5.75 Å². The van der Waals surface area contributed by atoms with Crippen molar-refractivity contribution in [1.29, 1.82) is 0 Å². The fraction of sp³-hybridized carbons (Fsp3) is 0.217. The number of hydrogen-bond acceptors (Lipinski definition) is 6. The van der Waals surface area contributed by atoms with Gasteiger partial charge in [-0.05, 0) is 36.3 Å². The first-order valence-corrected chi connectivity index (χ1v) is 9.88. The maximum atomic E-state index is 12.3. The topological polar surface area (TPSA) is 103 Å². The van der Waals surface area contributed by atoms with E-state index in [1.165, 1.54) is 4.57 Å². The Bertz CT molecular complexity index is 1380. The molecule has 0 fully saturated rings. The second-order valence-electron chi connectivity index (χ2n) is 7.53. The zero-order chi connectivity index (χ0) is 22.0. The Morgan fingerprint density at radius 3 is 2.74 bits per heavy atom. The number of H-pyrrole nitrogens is 1. The molecule has 0 atom stereocenters. The largest absolute Gasteiger partial charge is 0.496 e. The zero-order valence-corrected chi connectivity index (χ0v) is 17.5. The summed E-state index contributed by atoms with van der Waals surface area (Å²) < 4.78 is 12.2. The molecule has 2 heterocycles. The third-order valence-electron chi connectivity index (χ3n) is 4.77. The Morgan fingerprint density at radius 2 is 1.97 bits per heavy atom. The molecular formula is C23H22N4O4. The molecule has 0 aliphatic heterocycles. The molecule has 8 heteroatoms. The molecule has 2 aromatic carbocycles. The van der Waals surface area contributed by atoms with Crippen molar-refractivity contribution in [2.45, 2.75) is 20.4 Å². The van der Waals surface area contributed by atoms with E-state index in [4.69, 9.17) is 9.26 Å². The minimum absolute atomic E-state index is 0.220. The smallest absolute Gasteiger partial charge is 0.316 e. The second kappa shape index (κ2) is 8.43. The van der Waals surface area contributed by atoms with Crippen LogP contribution in [0.1, 0.15) is 25.3 Å². The molecule has 31 heavy (non-hydrogen) atoms. The van der Waals surface area contributed by atoms with Crippen LogP contribution in [0, 0.1) is 5.92 Å². The predicted molar refractivity (Wildman–Crippen MR) is 119 cm³/mol. The van der Waals surface area contributed by atoms with Crippen LogP contribution in [0.25, 0.3) is 34.6 Å². The average Bonchev–Trinajstić information content (AvgIpc) is 3.24. The number of methoxy groups -OCH3 is 1. The Morgan fingerprint density at radius 1 is 1.16 bits per heavy atom. The van der Waals surface area contributed by atoms with E-state index in [0.717, 1.165) is 11.3 Å². The summed E-state index contributed by atoms with van der Waals surface area (Å²) in [4.78, 5) is 31.4. The van der Waals surface area contributed by atoms with Gasteiger partial charge in [-0.1, -0.05) is 37.2 Å². The number of aromatic nitrogens is 4. The van der Waals surface area contributed by atoms with Gasteiger partial charge in [0, 0.05) is 23.7 Å². The van der Waals surface area contributed by atoms with Crippen LogP contribution in [-0.4, -0.2) is 26.8 Å². The molecule has 4 aromatic rings. The molecule has 0 radical (unpaired) electrons. The van der Waals surface area contributed by atoms with Crippen molar-refractivity contribution in [3.05, 3.63) is 74.6 Å². The van der Waals surface area contributed by atoms with Gasteiger partial charge in [0.15, 0.2) is 0 Å². The highest BCUT2D eigenvalue weighted by atomic mass is 16.5. The molecule has 0 spiro atoms. The van der Waals surface area contributed by atoms with Gasteiger partial charge in [0.2, 0.25) is 5.82 Å². The van der Waals surface area contributed by atoms with Crippen molar-refractivity contribution in [1.82, 2.24) is 19.7 Å². The van der Waals surface area contributed by atoms with E-state index in [-0.39, 0.29) is 5.92 Å². The number of rotatable bonds is 6. The van der Waals surface area contributed by atoms with E-state index in [0.29, 0.717) is 34.9 Å². The number of aromatic amines is 1. The summed E-state index contributed by atoms with van der Waals surface area (Å²) in [5, 5.41) is 4.03. The van der Waals surface area contributed by atoms with Crippen LogP contribution < -0.4 is 15.9 Å². The van der Waals surface area contributed by atoms with Crippen molar-refractivity contribution >= 4 is 23.2 Å². The monoisotopic (exact) mass is 418 g/mol. The lowest BCUT2D eigenvalue weighted by atomic mass is 10.1. The van der Waals surface area contributed by atoms with E-state index >= 15 is 0 Å². The molecule has 158 valence electrons. The summed E-state index contributed by atoms with van der Waals surface area (Å²) in [6.07, 6.45) is 3.54. The zero-order valence-electron chi connectivity index (χ0n) is 17.5. The fourth-order valence-electron chi connectivity index (χ4n) is 3.35. The lowest BCUT2D eigenvalue weighted by Gasteiger charge is -2.12. The maximum absolute atomic E-state index is 12.3. The number of hydrogen-bond donors (Lipinski definition) is 1. The second-order valence-corrected chi connectivity index (χ2v) is 7.53. The molecule has 0 bridgehead atoms. The van der Waals surface area contributed by atoms with Crippen LogP contribution in [0.3, 0.4) is 0 Å². The van der Waals surface area contributed by atoms with Crippen LogP contribution in [0.4, 0.5) is 0 Å². The maximum Gasteiger partial charge on any atom is 0.316 e. The van der Waals surface area contributed by atoms with Gasteiger partial charge in [0.25, 0.3) is 5.89 Å². The summed E-state index contributed by atoms with van der Waals surface area (Å²) in [7, 11) is 1.61. The third kappa shape index (κ3) is 4.18. The summed E-state index contributed by atoms with van der Waals surface area (Å²) in [5.74, 6) is 1.67. The molecule has 0 amide bonds. The predicted octanol–water partition coefficient (Wildman–Crippen LogP) is 3.57. The molecule has 0 unspecified atom stereocenters. The van der Waals surface area contributed by atoms with Gasteiger partial charge in [-0.25, -0.2) is 0 Å². The van der Waals surface area contributed by atoms with Crippen molar-refractivity contribution in [3.63, 3.8) is 0 Å². The highest BCUT2D eigenvalue weighted by Gasteiger charge is 2.12. The number of fused-ring (bicyclic) bond motifs is 1. The first-order valence-electron chi connectivity index (χ1n) is 9.88. The quantitative estimate of drug-likeness (QED) is 0.480. The van der Waals surface area contributed by atoms with Crippen molar-refractivity contribution in [3.8, 4) is 17.1 Å². The normalized spacial score (nSPS) is 11.6. The molecule has 4 rings (SSSR count). The molecule has 0 saturated carbocycles. The van der Waals surface area contributed by atoms with Crippen molar-refractivity contribution in [2.75, 3.05) is 7.11 Å². The van der Waals surface area contributed by atoms with Crippen LogP contribution in [0.5, 0.6) is 5.75 Å². The molecule has 8 nitrogen and oxygen atoms in total. The summed E-state index contributed by atoms with van der Waals surface area (Å²) in [6, 6.07) is 12.9. The van der Waals surface area contributed by atoms with Crippen LogP contribution in [-0.2, 0) is 6.54 Å². The summed E-state index contributed by atoms with van der Waals surface area (Å²) >= 11 is 0. The van der Waals surface area contributed by atoms with Crippen LogP contribution in [0.2, 0.25) is 0 Å². The first-order chi connectivity index (χ1) is 15.0. The van der Waals surface area contributed by atoms with E-state index in [1.54, 1.807) is 31.4 Å².